The summed E-state index contributed by atoms with van der Waals surface area (Å²) in [6, 6.07) is 14.4. The Labute approximate surface area is 125 Å². The number of rotatable bonds is 5. The molecule has 0 aliphatic rings. The molecule has 0 atom stereocenters. The standard InChI is InChI=1S/C16H14F3NO2/c17-16(18,19)22-14-8-4-5-12(11-14)9-10-20-15(21)13-6-2-1-3-7-13/h1-8,11H,9-10H2,(H,20,21). The minimum atomic E-state index is -4.71. The number of amides is 1. The predicted molar refractivity (Wildman–Crippen MR) is 75.6 cm³/mol. The van der Waals surface area contributed by atoms with Crippen LogP contribution in [-0.4, -0.2) is 18.8 Å². The molecule has 0 aromatic heterocycles. The Kier molecular flexibility index (Phi) is 5.04. The molecule has 22 heavy (non-hydrogen) atoms. The van der Waals surface area contributed by atoms with E-state index in [1.807, 2.05) is 6.07 Å². The maximum absolute atomic E-state index is 12.1. The van der Waals surface area contributed by atoms with Crippen molar-refractivity contribution in [3.8, 4) is 5.75 Å². The smallest absolute Gasteiger partial charge is 0.406 e. The molecule has 0 saturated carbocycles. The molecule has 0 aliphatic heterocycles. The summed E-state index contributed by atoms with van der Waals surface area (Å²) >= 11 is 0. The first-order valence-corrected chi connectivity index (χ1v) is 6.62. The summed E-state index contributed by atoms with van der Waals surface area (Å²) < 4.78 is 40.3. The molecule has 0 bridgehead atoms. The van der Waals surface area contributed by atoms with Crippen molar-refractivity contribution in [3.05, 3.63) is 65.7 Å². The molecule has 1 amide bonds. The van der Waals surface area contributed by atoms with E-state index in [1.165, 1.54) is 18.2 Å². The number of carbonyl (C=O) groups is 1. The Morgan fingerprint density at radius 3 is 2.45 bits per heavy atom. The van der Waals surface area contributed by atoms with Gasteiger partial charge >= 0.3 is 6.36 Å². The molecule has 6 heteroatoms. The van der Waals surface area contributed by atoms with Gasteiger partial charge in [-0.25, -0.2) is 0 Å². The van der Waals surface area contributed by atoms with E-state index in [0.29, 0.717) is 24.1 Å². The van der Waals surface area contributed by atoms with Crippen LogP contribution in [0.5, 0.6) is 5.75 Å². The third-order valence-corrected chi connectivity index (χ3v) is 2.87. The third-order valence-electron chi connectivity index (χ3n) is 2.87. The van der Waals surface area contributed by atoms with Gasteiger partial charge in [0.1, 0.15) is 5.75 Å². The topological polar surface area (TPSA) is 38.3 Å². The lowest BCUT2D eigenvalue weighted by Gasteiger charge is -2.10. The fourth-order valence-electron chi connectivity index (χ4n) is 1.91. The van der Waals surface area contributed by atoms with Crippen LogP contribution < -0.4 is 10.1 Å². The fourth-order valence-corrected chi connectivity index (χ4v) is 1.91. The van der Waals surface area contributed by atoms with Crippen molar-refractivity contribution in [1.82, 2.24) is 5.32 Å². The van der Waals surface area contributed by atoms with Gasteiger partial charge in [0.15, 0.2) is 0 Å². The van der Waals surface area contributed by atoms with Crippen molar-refractivity contribution in [2.45, 2.75) is 12.8 Å². The highest BCUT2D eigenvalue weighted by Crippen LogP contribution is 2.23. The molecule has 0 spiro atoms. The Balaban J connectivity index is 1.87. The van der Waals surface area contributed by atoms with Gasteiger partial charge in [-0.05, 0) is 36.2 Å². The van der Waals surface area contributed by atoms with E-state index in [2.05, 4.69) is 10.1 Å². The van der Waals surface area contributed by atoms with Gasteiger partial charge in [0, 0.05) is 12.1 Å². The highest BCUT2D eigenvalue weighted by molar-refractivity contribution is 5.94. The van der Waals surface area contributed by atoms with Crippen molar-refractivity contribution < 1.29 is 22.7 Å². The van der Waals surface area contributed by atoms with Crippen LogP contribution in [0.3, 0.4) is 0 Å². The van der Waals surface area contributed by atoms with Crippen LogP contribution in [0, 0.1) is 0 Å². The number of ether oxygens (including phenoxy) is 1. The summed E-state index contributed by atoms with van der Waals surface area (Å²) in [7, 11) is 0. The van der Waals surface area contributed by atoms with E-state index in [4.69, 9.17) is 0 Å². The van der Waals surface area contributed by atoms with Crippen LogP contribution in [0.25, 0.3) is 0 Å². The zero-order chi connectivity index (χ0) is 16.0. The monoisotopic (exact) mass is 309 g/mol. The van der Waals surface area contributed by atoms with Crippen molar-refractivity contribution in [2.24, 2.45) is 0 Å². The first-order valence-electron chi connectivity index (χ1n) is 6.62. The third kappa shape index (κ3) is 5.12. The summed E-state index contributed by atoms with van der Waals surface area (Å²) in [6.07, 6.45) is -4.30. The average molecular weight is 309 g/mol. The van der Waals surface area contributed by atoms with Crippen LogP contribution in [0.4, 0.5) is 13.2 Å². The second-order valence-electron chi connectivity index (χ2n) is 4.57. The number of halogens is 3. The Hall–Kier alpha value is -2.50. The number of hydrogen-bond acceptors (Lipinski definition) is 2. The van der Waals surface area contributed by atoms with E-state index < -0.39 is 6.36 Å². The maximum Gasteiger partial charge on any atom is 0.573 e. The van der Waals surface area contributed by atoms with E-state index in [0.717, 1.165) is 0 Å². The number of nitrogens with one attached hydrogen (secondary N) is 1. The fraction of sp³-hybridized carbons (Fsp3) is 0.188. The van der Waals surface area contributed by atoms with Crippen molar-refractivity contribution in [1.29, 1.82) is 0 Å². The Morgan fingerprint density at radius 1 is 1.05 bits per heavy atom. The molecule has 116 valence electrons. The average Bonchev–Trinajstić information content (AvgIpc) is 2.47. The second-order valence-corrected chi connectivity index (χ2v) is 4.57. The van der Waals surface area contributed by atoms with Crippen LogP contribution in [0.1, 0.15) is 15.9 Å². The lowest BCUT2D eigenvalue weighted by Crippen LogP contribution is -2.25. The molecule has 2 aromatic carbocycles. The summed E-state index contributed by atoms with van der Waals surface area (Å²) in [5.41, 5.74) is 1.19. The number of alkyl halides is 3. The second kappa shape index (κ2) is 6.98. The van der Waals surface area contributed by atoms with Gasteiger partial charge in [-0.1, -0.05) is 30.3 Å². The normalized spacial score (nSPS) is 11.0. The van der Waals surface area contributed by atoms with Crippen molar-refractivity contribution >= 4 is 5.91 Å². The molecule has 0 saturated heterocycles. The Bertz CT molecular complexity index is 627. The molecule has 3 nitrogen and oxygen atoms in total. The SMILES string of the molecule is O=C(NCCc1cccc(OC(F)(F)F)c1)c1ccccc1. The summed E-state index contributed by atoms with van der Waals surface area (Å²) in [5, 5.41) is 2.71. The highest BCUT2D eigenvalue weighted by Gasteiger charge is 2.31. The lowest BCUT2D eigenvalue weighted by molar-refractivity contribution is -0.274. The van der Waals surface area contributed by atoms with Gasteiger partial charge in [-0.2, -0.15) is 0 Å². The number of hydrogen-bond donors (Lipinski definition) is 1. The minimum absolute atomic E-state index is 0.219. The zero-order valence-corrected chi connectivity index (χ0v) is 11.6. The van der Waals surface area contributed by atoms with Gasteiger partial charge in [0.25, 0.3) is 5.91 Å². The Morgan fingerprint density at radius 2 is 1.77 bits per heavy atom. The molecule has 1 N–H and O–H groups in total. The molecular formula is C16H14F3NO2. The lowest BCUT2D eigenvalue weighted by atomic mass is 10.1. The highest BCUT2D eigenvalue weighted by atomic mass is 19.4. The van der Waals surface area contributed by atoms with Crippen molar-refractivity contribution in [2.75, 3.05) is 6.54 Å². The van der Waals surface area contributed by atoms with Crippen LogP contribution in [0.15, 0.2) is 54.6 Å². The van der Waals surface area contributed by atoms with Crippen molar-refractivity contribution in [3.63, 3.8) is 0 Å². The van der Waals surface area contributed by atoms with Gasteiger partial charge in [-0.15, -0.1) is 13.2 Å². The maximum atomic E-state index is 12.1. The van der Waals surface area contributed by atoms with Crippen LogP contribution >= 0.6 is 0 Å². The molecule has 2 aromatic rings. The molecule has 2 rings (SSSR count). The zero-order valence-electron chi connectivity index (χ0n) is 11.6. The van der Waals surface area contributed by atoms with Gasteiger partial charge in [0.2, 0.25) is 0 Å². The van der Waals surface area contributed by atoms with Crippen LogP contribution in [-0.2, 0) is 6.42 Å². The molecule has 0 radical (unpaired) electrons. The molecular weight excluding hydrogens is 295 g/mol. The van der Waals surface area contributed by atoms with E-state index in [1.54, 1.807) is 30.3 Å². The summed E-state index contributed by atoms with van der Waals surface area (Å²) in [6.45, 7) is 0.323. The van der Waals surface area contributed by atoms with Gasteiger partial charge < -0.3 is 10.1 Å². The van der Waals surface area contributed by atoms with Crippen LogP contribution in [0.2, 0.25) is 0 Å². The molecule has 0 heterocycles. The largest absolute Gasteiger partial charge is 0.573 e. The molecule has 0 aliphatic carbocycles. The predicted octanol–water partition coefficient (Wildman–Crippen LogP) is 3.56. The minimum Gasteiger partial charge on any atom is -0.406 e. The van der Waals surface area contributed by atoms with E-state index in [9.17, 15) is 18.0 Å². The number of carbonyl (C=O) groups excluding carboxylic acids is 1. The quantitative estimate of drug-likeness (QED) is 0.917. The number of benzene rings is 2. The van der Waals surface area contributed by atoms with Gasteiger partial charge in [0.05, 0.1) is 0 Å². The first kappa shape index (κ1) is 15.9. The van der Waals surface area contributed by atoms with E-state index in [-0.39, 0.29) is 11.7 Å². The summed E-state index contributed by atoms with van der Waals surface area (Å²) in [5.74, 6) is -0.484. The first-order chi connectivity index (χ1) is 10.4. The van der Waals surface area contributed by atoms with Gasteiger partial charge in [-0.3, -0.25) is 4.79 Å². The molecule has 0 fully saturated rings. The summed E-state index contributed by atoms with van der Waals surface area (Å²) in [4.78, 5) is 11.8. The molecule has 0 unspecified atom stereocenters. The van der Waals surface area contributed by atoms with E-state index >= 15 is 0 Å².